The number of carbonyl (C=O) groups excluding carboxylic acids is 1. The first-order chi connectivity index (χ1) is 10.9. The maximum absolute atomic E-state index is 12.5. The predicted octanol–water partition coefficient (Wildman–Crippen LogP) is 0.835. The Morgan fingerprint density at radius 1 is 1.39 bits per heavy atom. The monoisotopic (exact) mass is 343 g/mol. The normalized spacial score (nSPS) is 17.3. The zero-order valence-electron chi connectivity index (χ0n) is 13.7. The molecule has 1 heterocycles. The summed E-state index contributed by atoms with van der Waals surface area (Å²) in [7, 11) is -3.65. The van der Waals surface area contributed by atoms with Crippen molar-refractivity contribution in [2.24, 2.45) is 0 Å². The summed E-state index contributed by atoms with van der Waals surface area (Å²) in [6.07, 6.45) is 5.85. The summed E-state index contributed by atoms with van der Waals surface area (Å²) in [4.78, 5) is 12.2. The van der Waals surface area contributed by atoms with Gasteiger partial charge in [-0.1, -0.05) is 26.2 Å². The SMILES string of the molecule is CCCCn1nnnc1CS(=O)(=O)[C@H](C)C(=O)NC1CCCC1. The Hall–Kier alpha value is -1.51. The maximum Gasteiger partial charge on any atom is 0.238 e. The van der Waals surface area contributed by atoms with Crippen LogP contribution in [0, 0.1) is 0 Å². The molecule has 1 aliphatic rings. The number of nitrogens with one attached hydrogen (secondary N) is 1. The zero-order chi connectivity index (χ0) is 16.9. The van der Waals surface area contributed by atoms with E-state index in [2.05, 4.69) is 20.8 Å². The van der Waals surface area contributed by atoms with Crippen LogP contribution in [0.4, 0.5) is 0 Å². The summed E-state index contributed by atoms with van der Waals surface area (Å²) in [6.45, 7) is 4.05. The number of amides is 1. The molecule has 0 unspecified atom stereocenters. The van der Waals surface area contributed by atoms with Gasteiger partial charge in [0.2, 0.25) is 5.91 Å². The molecule has 0 bridgehead atoms. The van der Waals surface area contributed by atoms with E-state index in [9.17, 15) is 13.2 Å². The van der Waals surface area contributed by atoms with E-state index in [1.54, 1.807) is 0 Å². The van der Waals surface area contributed by atoms with Crippen molar-refractivity contribution >= 4 is 15.7 Å². The van der Waals surface area contributed by atoms with Crippen LogP contribution < -0.4 is 5.32 Å². The summed E-state index contributed by atoms with van der Waals surface area (Å²) >= 11 is 0. The van der Waals surface area contributed by atoms with E-state index in [0.29, 0.717) is 12.4 Å². The third-order valence-corrected chi connectivity index (χ3v) is 6.22. The van der Waals surface area contributed by atoms with Gasteiger partial charge in [0.25, 0.3) is 0 Å². The largest absolute Gasteiger partial charge is 0.352 e. The van der Waals surface area contributed by atoms with Crippen molar-refractivity contribution in [2.45, 2.75) is 76.0 Å². The Bertz CT molecular complexity index is 622. The van der Waals surface area contributed by atoms with Crippen LogP contribution in [0.2, 0.25) is 0 Å². The molecule has 0 saturated heterocycles. The fourth-order valence-electron chi connectivity index (χ4n) is 2.66. The van der Waals surface area contributed by atoms with Gasteiger partial charge in [0, 0.05) is 12.6 Å². The number of aromatic nitrogens is 4. The lowest BCUT2D eigenvalue weighted by Gasteiger charge is -2.17. The molecular weight excluding hydrogens is 318 g/mol. The van der Waals surface area contributed by atoms with Gasteiger partial charge in [-0.15, -0.1) is 5.10 Å². The van der Waals surface area contributed by atoms with Crippen LogP contribution in [0.25, 0.3) is 0 Å². The number of tetrazole rings is 1. The number of carbonyl (C=O) groups is 1. The molecule has 2 rings (SSSR count). The highest BCUT2D eigenvalue weighted by molar-refractivity contribution is 7.92. The van der Waals surface area contributed by atoms with Crippen molar-refractivity contribution in [1.29, 1.82) is 0 Å². The average Bonchev–Trinajstić information content (AvgIpc) is 3.16. The van der Waals surface area contributed by atoms with Crippen LogP contribution in [0.1, 0.15) is 58.2 Å². The van der Waals surface area contributed by atoms with Gasteiger partial charge in [-0.2, -0.15) is 0 Å². The predicted molar refractivity (Wildman–Crippen MR) is 85.2 cm³/mol. The summed E-state index contributed by atoms with van der Waals surface area (Å²) in [5, 5.41) is 12.9. The second kappa shape index (κ2) is 7.85. The fraction of sp³-hybridized carbons (Fsp3) is 0.857. The molecule has 1 aliphatic carbocycles. The number of rotatable bonds is 8. The highest BCUT2D eigenvalue weighted by Gasteiger charge is 2.31. The minimum Gasteiger partial charge on any atom is -0.352 e. The first kappa shape index (κ1) is 17.8. The van der Waals surface area contributed by atoms with Gasteiger partial charge < -0.3 is 5.32 Å². The molecular formula is C14H25N5O3S. The van der Waals surface area contributed by atoms with Crippen molar-refractivity contribution < 1.29 is 13.2 Å². The van der Waals surface area contributed by atoms with E-state index in [0.717, 1.165) is 38.5 Å². The summed E-state index contributed by atoms with van der Waals surface area (Å²) in [6, 6.07) is 0.107. The van der Waals surface area contributed by atoms with Gasteiger partial charge in [0.1, 0.15) is 11.0 Å². The molecule has 130 valence electrons. The topological polar surface area (TPSA) is 107 Å². The molecule has 0 aliphatic heterocycles. The summed E-state index contributed by atoms with van der Waals surface area (Å²) < 4.78 is 26.4. The van der Waals surface area contributed by atoms with Gasteiger partial charge in [-0.3, -0.25) is 4.79 Å². The summed E-state index contributed by atoms with van der Waals surface area (Å²) in [5.74, 6) is -0.452. The molecule has 1 fully saturated rings. The first-order valence-electron chi connectivity index (χ1n) is 8.21. The van der Waals surface area contributed by atoms with E-state index in [4.69, 9.17) is 0 Å². The minimum absolute atomic E-state index is 0.107. The molecule has 1 amide bonds. The number of nitrogens with zero attached hydrogens (tertiary/aromatic N) is 4. The van der Waals surface area contributed by atoms with E-state index < -0.39 is 21.0 Å². The second-order valence-corrected chi connectivity index (χ2v) is 8.43. The van der Waals surface area contributed by atoms with E-state index >= 15 is 0 Å². The van der Waals surface area contributed by atoms with Crippen molar-refractivity contribution in [3.05, 3.63) is 5.82 Å². The number of aryl methyl sites for hydroxylation is 1. The van der Waals surface area contributed by atoms with Gasteiger partial charge >= 0.3 is 0 Å². The Morgan fingerprint density at radius 2 is 2.09 bits per heavy atom. The van der Waals surface area contributed by atoms with Crippen LogP contribution in [0.15, 0.2) is 0 Å². The zero-order valence-corrected chi connectivity index (χ0v) is 14.5. The lowest BCUT2D eigenvalue weighted by molar-refractivity contribution is -0.121. The molecule has 9 heteroatoms. The Labute approximate surface area is 136 Å². The van der Waals surface area contributed by atoms with Crippen LogP contribution in [-0.4, -0.2) is 45.8 Å². The van der Waals surface area contributed by atoms with Gasteiger partial charge in [-0.05, 0) is 36.6 Å². The van der Waals surface area contributed by atoms with E-state index in [-0.39, 0.29) is 11.8 Å². The Balaban J connectivity index is 1.99. The average molecular weight is 343 g/mol. The number of unbranched alkanes of at least 4 members (excludes halogenated alkanes) is 1. The highest BCUT2D eigenvalue weighted by Crippen LogP contribution is 2.18. The molecule has 1 aromatic heterocycles. The van der Waals surface area contributed by atoms with E-state index in [1.165, 1.54) is 11.6 Å². The molecule has 1 N–H and O–H groups in total. The van der Waals surface area contributed by atoms with Gasteiger partial charge in [-0.25, -0.2) is 13.1 Å². The third-order valence-electron chi connectivity index (χ3n) is 4.27. The molecule has 1 aromatic rings. The standard InChI is InChI=1S/C14H25N5O3S/c1-3-4-9-19-13(16-17-18-19)10-23(21,22)11(2)14(20)15-12-7-5-6-8-12/h11-12H,3-10H2,1-2H3,(H,15,20)/t11-/m1/s1. The molecule has 1 atom stereocenters. The lowest BCUT2D eigenvalue weighted by Crippen LogP contribution is -2.42. The second-order valence-electron chi connectivity index (χ2n) is 6.11. The van der Waals surface area contributed by atoms with E-state index in [1.807, 2.05) is 6.92 Å². The molecule has 0 radical (unpaired) electrons. The van der Waals surface area contributed by atoms with Crippen molar-refractivity contribution in [1.82, 2.24) is 25.5 Å². The van der Waals surface area contributed by atoms with Gasteiger partial charge in [0.15, 0.2) is 15.7 Å². The lowest BCUT2D eigenvalue weighted by atomic mass is 10.2. The third kappa shape index (κ3) is 4.73. The Morgan fingerprint density at radius 3 is 2.74 bits per heavy atom. The Kier molecular flexibility index (Phi) is 6.09. The highest BCUT2D eigenvalue weighted by atomic mass is 32.2. The van der Waals surface area contributed by atoms with Crippen molar-refractivity contribution in [2.75, 3.05) is 0 Å². The molecule has 0 spiro atoms. The fourth-order valence-corrected chi connectivity index (χ4v) is 3.88. The van der Waals surface area contributed by atoms with Gasteiger partial charge in [0.05, 0.1) is 0 Å². The molecule has 8 nitrogen and oxygen atoms in total. The molecule has 23 heavy (non-hydrogen) atoms. The first-order valence-corrected chi connectivity index (χ1v) is 9.92. The molecule has 0 aromatic carbocycles. The quantitative estimate of drug-likeness (QED) is 0.749. The summed E-state index contributed by atoms with van der Waals surface area (Å²) in [5.41, 5.74) is 0. The van der Waals surface area contributed by atoms with Crippen molar-refractivity contribution in [3.8, 4) is 0 Å². The number of hydrogen-bond acceptors (Lipinski definition) is 6. The van der Waals surface area contributed by atoms with Crippen LogP contribution in [0.3, 0.4) is 0 Å². The van der Waals surface area contributed by atoms with Crippen LogP contribution in [-0.2, 0) is 26.9 Å². The smallest absolute Gasteiger partial charge is 0.238 e. The minimum atomic E-state index is -3.65. The van der Waals surface area contributed by atoms with Crippen LogP contribution >= 0.6 is 0 Å². The number of hydrogen-bond donors (Lipinski definition) is 1. The van der Waals surface area contributed by atoms with Crippen LogP contribution in [0.5, 0.6) is 0 Å². The maximum atomic E-state index is 12.5. The van der Waals surface area contributed by atoms with Crippen molar-refractivity contribution in [3.63, 3.8) is 0 Å². The molecule has 1 saturated carbocycles. The number of sulfone groups is 1.